The number of furan rings is 1. The van der Waals surface area contributed by atoms with Crippen LogP contribution in [0.15, 0.2) is 57.9 Å². The summed E-state index contributed by atoms with van der Waals surface area (Å²) in [6.07, 6.45) is -4.37. The average Bonchev–Trinajstić information content (AvgIpc) is 3.22. The molecule has 25 heavy (non-hydrogen) atoms. The maximum Gasteiger partial charge on any atom is 0.416 e. The van der Waals surface area contributed by atoms with Crippen molar-refractivity contribution in [1.82, 2.24) is 5.32 Å². The van der Waals surface area contributed by atoms with Crippen molar-refractivity contribution in [3.05, 3.63) is 59.9 Å². The lowest BCUT2D eigenvalue weighted by Gasteiger charge is -2.09. The first kappa shape index (κ1) is 17.4. The lowest BCUT2D eigenvalue weighted by Crippen LogP contribution is -2.18. The molecule has 0 radical (unpaired) electrons. The van der Waals surface area contributed by atoms with E-state index in [4.69, 9.17) is 4.42 Å². The van der Waals surface area contributed by atoms with Gasteiger partial charge in [0, 0.05) is 17.5 Å². The number of fused-ring (bicyclic) bond motifs is 1. The molecular weight excluding hydrogens is 353 g/mol. The van der Waals surface area contributed by atoms with Crippen LogP contribution < -0.4 is 5.32 Å². The molecule has 7 heteroatoms. The monoisotopic (exact) mass is 366 g/mol. The zero-order valence-electron chi connectivity index (χ0n) is 12.9. The Hall–Kier alpha value is -2.47. The summed E-state index contributed by atoms with van der Waals surface area (Å²) < 4.78 is 44.8. The van der Waals surface area contributed by atoms with Gasteiger partial charge >= 0.3 is 6.18 Å². The van der Waals surface area contributed by atoms with E-state index >= 15 is 0 Å². The summed E-state index contributed by atoms with van der Waals surface area (Å²) >= 11 is 0. The van der Waals surface area contributed by atoms with E-state index in [-0.39, 0.29) is 12.4 Å². The number of para-hydroxylation sites is 1. The fourth-order valence-corrected chi connectivity index (χ4v) is 2.83. The van der Waals surface area contributed by atoms with E-state index in [1.54, 1.807) is 18.2 Å². The fourth-order valence-electron chi connectivity index (χ4n) is 2.83. The van der Waals surface area contributed by atoms with Crippen molar-refractivity contribution in [2.45, 2.75) is 6.18 Å². The van der Waals surface area contributed by atoms with Gasteiger partial charge in [-0.25, -0.2) is 0 Å². The molecule has 0 atom stereocenters. The van der Waals surface area contributed by atoms with E-state index in [0.717, 1.165) is 24.1 Å². The van der Waals surface area contributed by atoms with E-state index in [1.165, 1.54) is 6.07 Å². The van der Waals surface area contributed by atoms with Crippen molar-refractivity contribution < 1.29 is 17.6 Å². The smallest absolute Gasteiger partial charge is 0.416 e. The molecule has 3 aromatic rings. The number of nitrogens with zero attached hydrogens (tertiary/aromatic N) is 1. The Morgan fingerprint density at radius 1 is 1.04 bits per heavy atom. The molecule has 0 fully saturated rings. The van der Waals surface area contributed by atoms with Gasteiger partial charge in [0.25, 0.3) is 0 Å². The number of rotatable bonds is 2. The molecule has 130 valence electrons. The second-order valence-corrected chi connectivity index (χ2v) is 5.57. The summed E-state index contributed by atoms with van der Waals surface area (Å²) in [6.45, 7) is 1.44. The first-order valence-corrected chi connectivity index (χ1v) is 7.51. The van der Waals surface area contributed by atoms with Crippen LogP contribution in [0.5, 0.6) is 0 Å². The molecule has 0 saturated carbocycles. The van der Waals surface area contributed by atoms with Gasteiger partial charge in [0.15, 0.2) is 11.6 Å². The molecule has 1 aliphatic heterocycles. The number of nitrogens with one attached hydrogen (secondary N) is 1. The van der Waals surface area contributed by atoms with E-state index in [0.29, 0.717) is 34.9 Å². The van der Waals surface area contributed by atoms with Gasteiger partial charge in [-0.1, -0.05) is 30.3 Å². The standard InChI is InChI=1S/C18H13F3N2O.ClH/c19-18(20,21)13-5-1-3-11(9-13)14-6-2-4-12-10-15(24-16(12)14)17-22-7-8-23-17;/h1-6,9-10H,7-8H2,(H,22,23);1H. The van der Waals surface area contributed by atoms with Crippen LogP contribution in [0.4, 0.5) is 13.2 Å². The Balaban J connectivity index is 0.00000182. The molecule has 0 saturated heterocycles. The third-order valence-electron chi connectivity index (χ3n) is 3.95. The van der Waals surface area contributed by atoms with Crippen LogP contribution in [0.3, 0.4) is 0 Å². The molecular formula is C18H14ClF3N2O. The third kappa shape index (κ3) is 3.22. The van der Waals surface area contributed by atoms with Gasteiger partial charge in [-0.05, 0) is 23.8 Å². The van der Waals surface area contributed by atoms with Gasteiger partial charge in [-0.2, -0.15) is 13.2 Å². The van der Waals surface area contributed by atoms with E-state index in [2.05, 4.69) is 10.3 Å². The van der Waals surface area contributed by atoms with Crippen LogP contribution in [-0.4, -0.2) is 18.9 Å². The highest BCUT2D eigenvalue weighted by Crippen LogP contribution is 2.35. The average molecular weight is 367 g/mol. The van der Waals surface area contributed by atoms with Gasteiger partial charge in [0.2, 0.25) is 0 Å². The Kier molecular flexibility index (Phi) is 4.47. The van der Waals surface area contributed by atoms with Crippen molar-refractivity contribution in [1.29, 1.82) is 0 Å². The number of amidine groups is 1. The number of aliphatic imine (C=N–C) groups is 1. The number of benzene rings is 2. The summed E-state index contributed by atoms with van der Waals surface area (Å²) in [5.74, 6) is 1.28. The zero-order valence-corrected chi connectivity index (χ0v) is 13.7. The van der Waals surface area contributed by atoms with E-state index in [9.17, 15) is 13.2 Å². The minimum absolute atomic E-state index is 0. The molecule has 0 unspecified atom stereocenters. The summed E-state index contributed by atoms with van der Waals surface area (Å²) in [5, 5.41) is 3.96. The Morgan fingerprint density at radius 3 is 2.56 bits per heavy atom. The van der Waals surface area contributed by atoms with Crippen LogP contribution >= 0.6 is 12.4 Å². The SMILES string of the molecule is Cl.FC(F)(F)c1cccc(-c2cccc3cc(C4=NCCN4)oc23)c1. The number of halogens is 4. The first-order valence-electron chi connectivity index (χ1n) is 7.51. The van der Waals surface area contributed by atoms with Gasteiger partial charge in [0.1, 0.15) is 5.58 Å². The van der Waals surface area contributed by atoms with Gasteiger partial charge < -0.3 is 9.73 Å². The largest absolute Gasteiger partial charge is 0.452 e. The maximum atomic E-state index is 13.0. The third-order valence-corrected chi connectivity index (χ3v) is 3.95. The lowest BCUT2D eigenvalue weighted by atomic mass is 10.0. The van der Waals surface area contributed by atoms with Crippen LogP contribution in [0.1, 0.15) is 11.3 Å². The highest BCUT2D eigenvalue weighted by molar-refractivity contribution is 6.03. The Bertz CT molecular complexity index is 947. The van der Waals surface area contributed by atoms with Crippen LogP contribution in [0.2, 0.25) is 0 Å². The highest BCUT2D eigenvalue weighted by Gasteiger charge is 2.30. The first-order chi connectivity index (χ1) is 11.5. The Morgan fingerprint density at radius 2 is 1.84 bits per heavy atom. The molecule has 1 aromatic heterocycles. The molecule has 0 aliphatic carbocycles. The zero-order chi connectivity index (χ0) is 16.7. The van der Waals surface area contributed by atoms with E-state index in [1.807, 2.05) is 12.1 Å². The quantitative estimate of drug-likeness (QED) is 0.701. The van der Waals surface area contributed by atoms with Crippen LogP contribution in [0.25, 0.3) is 22.1 Å². The molecule has 1 aliphatic rings. The summed E-state index contributed by atoms with van der Waals surface area (Å²) in [4.78, 5) is 4.31. The number of alkyl halides is 3. The van der Waals surface area contributed by atoms with Crippen LogP contribution in [0, 0.1) is 0 Å². The molecule has 3 nitrogen and oxygen atoms in total. The van der Waals surface area contributed by atoms with Crippen molar-refractivity contribution >= 4 is 29.2 Å². The fraction of sp³-hybridized carbons (Fsp3) is 0.167. The minimum atomic E-state index is -4.37. The molecule has 2 aromatic carbocycles. The molecule has 0 bridgehead atoms. The predicted octanol–water partition coefficient (Wildman–Crippen LogP) is 4.89. The van der Waals surface area contributed by atoms with Crippen molar-refractivity contribution in [2.75, 3.05) is 13.1 Å². The predicted molar refractivity (Wildman–Crippen MR) is 93.3 cm³/mol. The molecule has 0 spiro atoms. The van der Waals surface area contributed by atoms with Crippen LogP contribution in [-0.2, 0) is 6.18 Å². The molecule has 4 rings (SSSR count). The summed E-state index contributed by atoms with van der Waals surface area (Å²) in [6, 6.07) is 12.5. The maximum absolute atomic E-state index is 13.0. The lowest BCUT2D eigenvalue weighted by molar-refractivity contribution is -0.137. The highest BCUT2D eigenvalue weighted by atomic mass is 35.5. The van der Waals surface area contributed by atoms with Gasteiger partial charge in [-0.3, -0.25) is 4.99 Å². The summed E-state index contributed by atoms with van der Waals surface area (Å²) in [5.41, 5.74) is 0.981. The second-order valence-electron chi connectivity index (χ2n) is 5.57. The minimum Gasteiger partial charge on any atom is -0.452 e. The number of hydrogen-bond donors (Lipinski definition) is 1. The van der Waals surface area contributed by atoms with Crippen molar-refractivity contribution in [3.8, 4) is 11.1 Å². The topological polar surface area (TPSA) is 37.5 Å². The van der Waals surface area contributed by atoms with Crippen molar-refractivity contribution in [3.63, 3.8) is 0 Å². The Labute approximate surface area is 148 Å². The summed E-state index contributed by atoms with van der Waals surface area (Å²) in [7, 11) is 0. The van der Waals surface area contributed by atoms with Gasteiger partial charge in [-0.15, -0.1) is 12.4 Å². The van der Waals surface area contributed by atoms with E-state index < -0.39 is 11.7 Å². The van der Waals surface area contributed by atoms with Crippen molar-refractivity contribution in [2.24, 2.45) is 4.99 Å². The molecule has 1 N–H and O–H groups in total. The second kappa shape index (κ2) is 6.44. The molecule has 0 amide bonds. The number of hydrogen-bond acceptors (Lipinski definition) is 3. The normalized spacial score (nSPS) is 14.1. The molecule has 2 heterocycles. The van der Waals surface area contributed by atoms with Gasteiger partial charge in [0.05, 0.1) is 12.1 Å².